The summed E-state index contributed by atoms with van der Waals surface area (Å²) < 4.78 is 39.7. The van der Waals surface area contributed by atoms with Gasteiger partial charge in [0.15, 0.2) is 0 Å². The predicted octanol–water partition coefficient (Wildman–Crippen LogP) is 2.04. The number of nitro groups is 1. The van der Waals surface area contributed by atoms with Gasteiger partial charge in [-0.1, -0.05) is 12.1 Å². The highest BCUT2D eigenvalue weighted by molar-refractivity contribution is 7.89. The van der Waals surface area contributed by atoms with Crippen molar-refractivity contribution in [1.29, 1.82) is 0 Å². The number of nitrogens with one attached hydrogen (secondary N) is 2. The number of carbonyl (C=O) groups excluding carboxylic acids is 1. The van der Waals surface area contributed by atoms with Crippen LogP contribution < -0.4 is 10.0 Å². The van der Waals surface area contributed by atoms with Crippen LogP contribution in [0.4, 0.5) is 15.8 Å². The highest BCUT2D eigenvalue weighted by Gasteiger charge is 2.16. The van der Waals surface area contributed by atoms with Crippen LogP contribution in [0, 0.1) is 15.9 Å². The fraction of sp³-hybridized carbons (Fsp3) is 0.133. The van der Waals surface area contributed by atoms with E-state index in [4.69, 9.17) is 0 Å². The van der Waals surface area contributed by atoms with Crippen LogP contribution in [0.2, 0.25) is 0 Å². The second-order valence-electron chi connectivity index (χ2n) is 4.93. The molecule has 0 fully saturated rings. The number of anilines is 1. The second kappa shape index (κ2) is 7.81. The highest BCUT2D eigenvalue weighted by Crippen LogP contribution is 2.16. The Morgan fingerprint density at radius 1 is 1.12 bits per heavy atom. The molecule has 0 radical (unpaired) electrons. The Balaban J connectivity index is 1.90. The summed E-state index contributed by atoms with van der Waals surface area (Å²) >= 11 is 0. The molecule has 0 aliphatic carbocycles. The van der Waals surface area contributed by atoms with Crippen LogP contribution in [-0.2, 0) is 14.8 Å². The van der Waals surface area contributed by atoms with E-state index in [1.807, 2.05) is 0 Å². The molecule has 2 aromatic carbocycles. The minimum absolute atomic E-state index is 0.00530. The zero-order chi connectivity index (χ0) is 18.4. The number of para-hydroxylation sites is 1. The van der Waals surface area contributed by atoms with Crippen molar-refractivity contribution in [2.24, 2.45) is 0 Å². The quantitative estimate of drug-likeness (QED) is 0.573. The monoisotopic (exact) mass is 367 g/mol. The number of halogens is 1. The SMILES string of the molecule is O=C(CCNS(=O)(=O)c1ccc([N+](=O)[O-])cc1)Nc1ccccc1F. The number of nitrogens with zero attached hydrogens (tertiary/aromatic N) is 1. The Kier molecular flexibility index (Phi) is 5.78. The van der Waals surface area contributed by atoms with Crippen molar-refractivity contribution in [3.05, 3.63) is 64.5 Å². The van der Waals surface area contributed by atoms with Crippen LogP contribution in [0.15, 0.2) is 53.4 Å². The zero-order valence-corrected chi connectivity index (χ0v) is 13.6. The van der Waals surface area contributed by atoms with Crippen molar-refractivity contribution in [1.82, 2.24) is 4.72 Å². The van der Waals surface area contributed by atoms with Gasteiger partial charge in [0, 0.05) is 25.1 Å². The van der Waals surface area contributed by atoms with Gasteiger partial charge < -0.3 is 5.32 Å². The molecule has 8 nitrogen and oxygen atoms in total. The van der Waals surface area contributed by atoms with Crippen LogP contribution in [0.1, 0.15) is 6.42 Å². The Morgan fingerprint density at radius 2 is 1.76 bits per heavy atom. The molecule has 0 aliphatic rings. The van der Waals surface area contributed by atoms with Gasteiger partial charge in [-0.15, -0.1) is 0 Å². The summed E-state index contributed by atoms with van der Waals surface area (Å²) in [5.41, 5.74) is -0.228. The average Bonchev–Trinajstić information content (AvgIpc) is 2.57. The Bertz CT molecular complexity index is 884. The molecule has 0 saturated heterocycles. The fourth-order valence-corrected chi connectivity index (χ4v) is 2.94. The molecule has 2 rings (SSSR count). The molecule has 0 unspecified atom stereocenters. The number of nitro benzene ring substituents is 1. The Hall–Kier alpha value is -2.85. The van der Waals surface area contributed by atoms with Crippen molar-refractivity contribution in [3.63, 3.8) is 0 Å². The van der Waals surface area contributed by atoms with E-state index < -0.39 is 26.7 Å². The van der Waals surface area contributed by atoms with Gasteiger partial charge in [-0.05, 0) is 24.3 Å². The number of carbonyl (C=O) groups is 1. The normalized spacial score (nSPS) is 11.1. The number of benzene rings is 2. The molecule has 0 atom stereocenters. The molecule has 2 N–H and O–H groups in total. The van der Waals surface area contributed by atoms with E-state index in [9.17, 15) is 27.7 Å². The highest BCUT2D eigenvalue weighted by atomic mass is 32.2. The van der Waals surface area contributed by atoms with E-state index in [1.165, 1.54) is 18.2 Å². The van der Waals surface area contributed by atoms with E-state index in [2.05, 4.69) is 10.0 Å². The predicted molar refractivity (Wildman–Crippen MR) is 87.9 cm³/mol. The summed E-state index contributed by atoms with van der Waals surface area (Å²) in [4.78, 5) is 21.5. The first-order valence-corrected chi connectivity index (χ1v) is 8.56. The van der Waals surface area contributed by atoms with Gasteiger partial charge in [-0.3, -0.25) is 14.9 Å². The maximum absolute atomic E-state index is 13.4. The molecule has 0 aliphatic heterocycles. The third-order valence-electron chi connectivity index (χ3n) is 3.15. The van der Waals surface area contributed by atoms with Crippen LogP contribution in [0.3, 0.4) is 0 Å². The zero-order valence-electron chi connectivity index (χ0n) is 12.8. The minimum Gasteiger partial charge on any atom is -0.324 e. The average molecular weight is 367 g/mol. The molecule has 0 saturated carbocycles. The molecule has 0 heterocycles. The lowest BCUT2D eigenvalue weighted by Crippen LogP contribution is -2.28. The number of sulfonamides is 1. The third kappa shape index (κ3) is 5.06. The van der Waals surface area contributed by atoms with Gasteiger partial charge in [0.1, 0.15) is 5.82 Å². The van der Waals surface area contributed by atoms with E-state index in [0.717, 1.165) is 24.3 Å². The Morgan fingerprint density at radius 3 is 2.36 bits per heavy atom. The number of hydrogen-bond donors (Lipinski definition) is 2. The van der Waals surface area contributed by atoms with E-state index >= 15 is 0 Å². The van der Waals surface area contributed by atoms with Crippen LogP contribution in [-0.4, -0.2) is 25.8 Å². The van der Waals surface area contributed by atoms with Gasteiger partial charge in [-0.2, -0.15) is 0 Å². The maximum Gasteiger partial charge on any atom is 0.269 e. The first-order chi connectivity index (χ1) is 11.8. The van der Waals surface area contributed by atoms with E-state index in [0.29, 0.717) is 0 Å². The number of non-ortho nitro benzene ring substituents is 1. The van der Waals surface area contributed by atoms with Crippen molar-refractivity contribution in [3.8, 4) is 0 Å². The minimum atomic E-state index is -3.91. The molecule has 0 spiro atoms. The summed E-state index contributed by atoms with van der Waals surface area (Å²) in [6.07, 6.45) is -0.208. The number of hydrogen-bond acceptors (Lipinski definition) is 5. The molecule has 1 amide bonds. The maximum atomic E-state index is 13.4. The number of rotatable bonds is 7. The molecule has 2 aromatic rings. The summed E-state index contributed by atoms with van der Waals surface area (Å²) in [7, 11) is -3.91. The summed E-state index contributed by atoms with van der Waals surface area (Å²) in [5, 5.41) is 12.9. The summed E-state index contributed by atoms with van der Waals surface area (Å²) in [6, 6.07) is 9.93. The van der Waals surface area contributed by atoms with Crippen molar-refractivity contribution in [2.45, 2.75) is 11.3 Å². The molecular formula is C15H14FN3O5S. The lowest BCUT2D eigenvalue weighted by Gasteiger charge is -2.08. The topological polar surface area (TPSA) is 118 Å². The molecule has 132 valence electrons. The first kappa shape index (κ1) is 18.5. The third-order valence-corrected chi connectivity index (χ3v) is 4.63. The summed E-state index contributed by atoms with van der Waals surface area (Å²) in [6.45, 7) is -0.209. The van der Waals surface area contributed by atoms with E-state index in [-0.39, 0.29) is 29.2 Å². The smallest absolute Gasteiger partial charge is 0.269 e. The Labute approximate surface area is 142 Å². The van der Waals surface area contributed by atoms with Crippen molar-refractivity contribution >= 4 is 27.3 Å². The standard InChI is InChI=1S/C15H14FN3O5S/c16-13-3-1-2-4-14(13)18-15(20)9-10-17-25(23,24)12-7-5-11(6-8-12)19(21)22/h1-8,17H,9-10H2,(H,18,20). The van der Waals surface area contributed by atoms with Gasteiger partial charge in [-0.25, -0.2) is 17.5 Å². The molecule has 0 aromatic heterocycles. The molecule has 0 bridgehead atoms. The largest absolute Gasteiger partial charge is 0.324 e. The van der Waals surface area contributed by atoms with Gasteiger partial charge in [0.05, 0.1) is 15.5 Å². The first-order valence-electron chi connectivity index (χ1n) is 7.08. The lowest BCUT2D eigenvalue weighted by molar-refractivity contribution is -0.384. The van der Waals surface area contributed by atoms with Gasteiger partial charge >= 0.3 is 0 Å². The van der Waals surface area contributed by atoms with Crippen LogP contribution >= 0.6 is 0 Å². The lowest BCUT2D eigenvalue weighted by atomic mass is 10.3. The van der Waals surface area contributed by atoms with Gasteiger partial charge in [0.25, 0.3) is 5.69 Å². The molecule has 25 heavy (non-hydrogen) atoms. The van der Waals surface area contributed by atoms with Crippen molar-refractivity contribution < 1.29 is 22.5 Å². The fourth-order valence-electron chi connectivity index (χ4n) is 1.90. The van der Waals surface area contributed by atoms with Crippen molar-refractivity contribution in [2.75, 3.05) is 11.9 Å². The van der Waals surface area contributed by atoms with Crippen LogP contribution in [0.25, 0.3) is 0 Å². The van der Waals surface area contributed by atoms with E-state index in [1.54, 1.807) is 6.07 Å². The van der Waals surface area contributed by atoms with Crippen LogP contribution in [0.5, 0.6) is 0 Å². The molecular weight excluding hydrogens is 353 g/mol. The second-order valence-corrected chi connectivity index (χ2v) is 6.69. The molecule has 10 heteroatoms. The van der Waals surface area contributed by atoms with Gasteiger partial charge in [0.2, 0.25) is 15.9 Å². The summed E-state index contributed by atoms with van der Waals surface area (Å²) in [5.74, 6) is -1.15. The number of amides is 1.